The highest BCUT2D eigenvalue weighted by atomic mass is 32.2. The summed E-state index contributed by atoms with van der Waals surface area (Å²) in [5.74, 6) is 0. The van der Waals surface area contributed by atoms with Gasteiger partial charge in [0.1, 0.15) is 4.90 Å². The number of nitrogens with two attached hydrogens (primary N) is 1. The van der Waals surface area contributed by atoms with Crippen molar-refractivity contribution in [2.75, 3.05) is 0 Å². The van der Waals surface area contributed by atoms with Gasteiger partial charge in [-0.05, 0) is 30.3 Å². The van der Waals surface area contributed by atoms with Crippen LogP contribution in [0.2, 0.25) is 0 Å². The third-order valence-electron chi connectivity index (χ3n) is 1.47. The third kappa shape index (κ3) is 6.51. The average molecular weight is 289 g/mol. The summed E-state index contributed by atoms with van der Waals surface area (Å²) in [7, 11) is -6.09. The van der Waals surface area contributed by atoms with E-state index in [1.165, 1.54) is 0 Å². The predicted octanol–water partition coefficient (Wildman–Crippen LogP) is 0.567. The van der Waals surface area contributed by atoms with Crippen molar-refractivity contribution in [1.29, 1.82) is 0 Å². The smallest absolute Gasteiger partial charge is 0.485 e. The van der Waals surface area contributed by atoms with Crippen LogP contribution < -0.4 is 5.73 Å². The Kier molecular flexibility index (Phi) is 5.96. The molecule has 0 aromatic heterocycles. The number of rotatable bonds is 1. The zero-order valence-electron chi connectivity index (χ0n) is 8.36. The maximum absolute atomic E-state index is 10.7. The van der Waals surface area contributed by atoms with Crippen molar-refractivity contribution in [2.24, 2.45) is 5.73 Å². The van der Waals surface area contributed by atoms with Gasteiger partial charge in [0.05, 0.1) is 0 Å². The molecule has 1 aromatic rings. The van der Waals surface area contributed by atoms with Crippen molar-refractivity contribution in [3.63, 3.8) is 0 Å². The topological polar surface area (TPSA) is 83.2 Å². The molecule has 0 aliphatic rings. The Morgan fingerprint density at radius 3 is 1.82 bits per heavy atom. The molecule has 0 saturated carbocycles. The Labute approximate surface area is 102 Å². The molecule has 9 heteroatoms. The highest BCUT2D eigenvalue weighted by Crippen LogP contribution is 2.20. The first kappa shape index (κ1) is 16.2. The van der Waals surface area contributed by atoms with Gasteiger partial charge < -0.3 is 10.3 Å². The van der Waals surface area contributed by atoms with Crippen LogP contribution in [-0.2, 0) is 29.3 Å². The lowest BCUT2D eigenvalue weighted by Gasteiger charge is -2.08. The molecule has 0 aliphatic heterocycles. The van der Waals surface area contributed by atoms with Gasteiger partial charge in [-0.3, -0.25) is 0 Å². The summed E-state index contributed by atoms with van der Waals surface area (Å²) in [6.45, 7) is 0.618. The Hall–Kier alpha value is -0.770. The number of hydrogen-bond acceptors (Lipinski definition) is 4. The zero-order chi connectivity index (χ0) is 13.7. The minimum atomic E-state index is -6.09. The quantitative estimate of drug-likeness (QED) is 0.465. The zero-order valence-corrected chi connectivity index (χ0v) is 10.2. The molecule has 0 amide bonds. The molecular weight excluding hydrogens is 279 g/mol. The molecule has 0 saturated heterocycles. The van der Waals surface area contributed by atoms with Crippen molar-refractivity contribution in [3.8, 4) is 0 Å². The average Bonchev–Trinajstić information content (AvgIpc) is 2.17. The standard InChI is InChI=1S/C7H9NS.CHF3O3S/c8-5-6-1-3-7(9)4-2-6;2-1(3,4)8(5,6)7/h1-4,9H,5,8H2;(H,5,6,7). The van der Waals surface area contributed by atoms with Gasteiger partial charge in [0.2, 0.25) is 0 Å². The van der Waals surface area contributed by atoms with E-state index in [1.54, 1.807) is 0 Å². The number of halogens is 3. The molecule has 0 heterocycles. The lowest BCUT2D eigenvalue weighted by molar-refractivity contribution is -0.0517. The van der Waals surface area contributed by atoms with Gasteiger partial charge in [0, 0.05) is 6.54 Å². The second-order valence-electron chi connectivity index (χ2n) is 2.80. The monoisotopic (exact) mass is 289 g/mol. The lowest BCUT2D eigenvalue weighted by Crippen LogP contribution is -2.21. The van der Waals surface area contributed by atoms with Gasteiger partial charge in [-0.25, -0.2) is 8.42 Å². The van der Waals surface area contributed by atoms with Crippen molar-refractivity contribution in [3.05, 3.63) is 29.8 Å². The molecule has 0 radical (unpaired) electrons. The van der Waals surface area contributed by atoms with Crippen LogP contribution in [0.1, 0.15) is 5.56 Å². The van der Waals surface area contributed by atoms with E-state index in [4.69, 9.17) is 18.7 Å². The SMILES string of the molecule is NCc1ccc([SH2+])cc1.O=S(=O)([O-])C(F)(F)F. The fourth-order valence-electron chi connectivity index (χ4n) is 0.641. The Bertz CT molecular complexity index is 442. The third-order valence-corrected chi connectivity index (χ3v) is 2.37. The second kappa shape index (κ2) is 6.24. The predicted molar refractivity (Wildman–Crippen MR) is 58.5 cm³/mol. The number of alkyl halides is 3. The number of benzene rings is 1. The summed E-state index contributed by atoms with van der Waals surface area (Å²) in [5.41, 5.74) is 0.902. The highest BCUT2D eigenvalue weighted by Gasteiger charge is 2.36. The second-order valence-corrected chi connectivity index (χ2v) is 4.75. The molecule has 0 aliphatic carbocycles. The van der Waals surface area contributed by atoms with Crippen LogP contribution in [0.4, 0.5) is 13.2 Å². The van der Waals surface area contributed by atoms with Crippen LogP contribution in [0.25, 0.3) is 0 Å². The van der Waals surface area contributed by atoms with E-state index < -0.39 is 15.6 Å². The van der Waals surface area contributed by atoms with Crippen molar-refractivity contribution < 1.29 is 26.1 Å². The van der Waals surface area contributed by atoms with E-state index in [0.29, 0.717) is 6.54 Å². The normalized spacial score (nSPS) is 11.6. The fourth-order valence-corrected chi connectivity index (χ4v) is 0.807. The maximum atomic E-state index is 10.7. The maximum Gasteiger partial charge on any atom is 0.485 e. The van der Waals surface area contributed by atoms with E-state index in [-0.39, 0.29) is 0 Å². The molecule has 0 bridgehead atoms. The Balaban J connectivity index is 0.000000304. The van der Waals surface area contributed by atoms with Crippen molar-refractivity contribution >= 4 is 22.7 Å². The summed E-state index contributed by atoms with van der Waals surface area (Å²) < 4.78 is 58.9. The Morgan fingerprint density at radius 1 is 1.24 bits per heavy atom. The fraction of sp³-hybridized carbons (Fsp3) is 0.250. The molecule has 1 aromatic carbocycles. The molecule has 17 heavy (non-hydrogen) atoms. The highest BCUT2D eigenvalue weighted by molar-refractivity contribution is 7.86. The molecular formula is C8H10F3NO3S2. The summed E-state index contributed by atoms with van der Waals surface area (Å²) in [6, 6.07) is 7.98. The molecule has 0 unspecified atom stereocenters. The first-order chi connectivity index (χ1) is 7.58. The van der Waals surface area contributed by atoms with Crippen LogP contribution in [0.15, 0.2) is 29.2 Å². The van der Waals surface area contributed by atoms with Gasteiger partial charge in [0.25, 0.3) is 0 Å². The summed E-state index contributed by atoms with van der Waals surface area (Å²) in [4.78, 5) is 1.09. The van der Waals surface area contributed by atoms with Crippen LogP contribution in [0.5, 0.6) is 0 Å². The van der Waals surface area contributed by atoms with Crippen molar-refractivity contribution in [1.82, 2.24) is 0 Å². The van der Waals surface area contributed by atoms with E-state index in [2.05, 4.69) is 12.6 Å². The van der Waals surface area contributed by atoms with Crippen LogP contribution in [-0.4, -0.2) is 18.5 Å². The summed E-state index contributed by atoms with van der Waals surface area (Å²) in [6.07, 6.45) is 0. The van der Waals surface area contributed by atoms with E-state index in [9.17, 15) is 13.2 Å². The van der Waals surface area contributed by atoms with E-state index in [0.717, 1.165) is 10.5 Å². The van der Waals surface area contributed by atoms with Crippen LogP contribution in [0.3, 0.4) is 0 Å². The van der Waals surface area contributed by atoms with Gasteiger partial charge in [-0.1, -0.05) is 12.1 Å². The van der Waals surface area contributed by atoms with E-state index in [1.807, 2.05) is 24.3 Å². The molecule has 0 fully saturated rings. The minimum Gasteiger partial charge on any atom is -0.741 e. The van der Waals surface area contributed by atoms with Crippen LogP contribution in [0, 0.1) is 0 Å². The molecule has 4 nitrogen and oxygen atoms in total. The lowest BCUT2D eigenvalue weighted by atomic mass is 10.2. The Morgan fingerprint density at radius 2 is 1.59 bits per heavy atom. The molecule has 2 N–H and O–H groups in total. The molecule has 98 valence electrons. The molecule has 0 atom stereocenters. The number of hydrogen-bond donors (Lipinski definition) is 1. The molecule has 1 rings (SSSR count). The summed E-state index contributed by atoms with van der Waals surface area (Å²) >= 11 is 3.38. The first-order valence-electron chi connectivity index (χ1n) is 4.10. The summed E-state index contributed by atoms with van der Waals surface area (Å²) in [5, 5.41) is 0. The van der Waals surface area contributed by atoms with Gasteiger partial charge >= 0.3 is 5.51 Å². The van der Waals surface area contributed by atoms with Gasteiger partial charge in [0.15, 0.2) is 10.1 Å². The minimum absolute atomic E-state index is 0.618. The van der Waals surface area contributed by atoms with E-state index >= 15 is 0 Å². The van der Waals surface area contributed by atoms with Crippen molar-refractivity contribution in [2.45, 2.75) is 16.9 Å². The largest absolute Gasteiger partial charge is 0.741 e. The van der Waals surface area contributed by atoms with Gasteiger partial charge in [-0.15, -0.1) is 0 Å². The van der Waals surface area contributed by atoms with Crippen LogP contribution >= 0.6 is 0 Å². The molecule has 0 spiro atoms. The van der Waals surface area contributed by atoms with Gasteiger partial charge in [-0.2, -0.15) is 13.2 Å². The first-order valence-corrected chi connectivity index (χ1v) is 6.01.